The van der Waals surface area contributed by atoms with E-state index in [4.69, 9.17) is 11.6 Å². The molecule has 3 aromatic rings. The fourth-order valence-corrected chi connectivity index (χ4v) is 3.03. The average molecular weight is 401 g/mol. The summed E-state index contributed by atoms with van der Waals surface area (Å²) in [6, 6.07) is 10.1. The van der Waals surface area contributed by atoms with Gasteiger partial charge in [0.25, 0.3) is 5.56 Å². The molecule has 0 fully saturated rings. The van der Waals surface area contributed by atoms with Gasteiger partial charge in [-0.2, -0.15) is 0 Å². The lowest BCUT2D eigenvalue weighted by molar-refractivity contribution is -0.123. The number of nitrogens with one attached hydrogen (secondary N) is 1. The van der Waals surface area contributed by atoms with Crippen LogP contribution in [0.2, 0.25) is 5.02 Å². The van der Waals surface area contributed by atoms with E-state index in [1.54, 1.807) is 36.4 Å². The topological polar surface area (TPSA) is 86.0 Å². The smallest absolute Gasteiger partial charge is 0.332 e. The Morgan fingerprint density at radius 3 is 2.43 bits per heavy atom. The van der Waals surface area contributed by atoms with E-state index in [9.17, 15) is 14.4 Å². The highest BCUT2D eigenvalue weighted by atomic mass is 35.5. The quantitative estimate of drug-likeness (QED) is 0.727. The van der Waals surface area contributed by atoms with Crippen LogP contribution in [0.1, 0.15) is 26.3 Å². The van der Waals surface area contributed by atoms with Gasteiger partial charge in [0, 0.05) is 16.8 Å². The summed E-state index contributed by atoms with van der Waals surface area (Å²) in [7, 11) is 0. The summed E-state index contributed by atoms with van der Waals surface area (Å²) in [4.78, 5) is 42.5. The number of carbonyl (C=O) groups excluding carboxylic acids is 1. The first-order valence-electron chi connectivity index (χ1n) is 8.79. The molecule has 0 aliphatic rings. The van der Waals surface area contributed by atoms with Gasteiger partial charge in [-0.15, -0.1) is 0 Å². The lowest BCUT2D eigenvalue weighted by Crippen LogP contribution is -2.46. The third-order valence-corrected chi connectivity index (χ3v) is 4.31. The zero-order chi connectivity index (χ0) is 20.5. The van der Waals surface area contributed by atoms with Gasteiger partial charge in [-0.3, -0.25) is 18.7 Å². The summed E-state index contributed by atoms with van der Waals surface area (Å²) in [5.41, 5.74) is -0.294. The molecule has 0 atom stereocenters. The van der Waals surface area contributed by atoms with Gasteiger partial charge in [0.1, 0.15) is 6.54 Å². The van der Waals surface area contributed by atoms with Crippen LogP contribution in [-0.4, -0.2) is 25.6 Å². The minimum Gasteiger partial charge on any atom is -0.350 e. The molecule has 0 saturated carbocycles. The van der Waals surface area contributed by atoms with E-state index in [0.717, 1.165) is 10.1 Å². The molecule has 0 radical (unpaired) electrons. The molecular formula is C20H21ClN4O3. The summed E-state index contributed by atoms with van der Waals surface area (Å²) in [6.07, 6.45) is 1.49. The number of carbonyl (C=O) groups is 1. The lowest BCUT2D eigenvalue weighted by Gasteiger charge is -2.21. The fourth-order valence-electron chi connectivity index (χ4n) is 2.91. The van der Waals surface area contributed by atoms with Crippen molar-refractivity contribution < 1.29 is 4.79 Å². The molecule has 146 valence electrons. The predicted molar refractivity (Wildman–Crippen MR) is 109 cm³/mol. The Morgan fingerprint density at radius 2 is 1.79 bits per heavy atom. The molecule has 2 aromatic heterocycles. The van der Waals surface area contributed by atoms with Crippen molar-refractivity contribution in [2.75, 3.05) is 0 Å². The number of hydrogen-bond donors (Lipinski definition) is 1. The summed E-state index contributed by atoms with van der Waals surface area (Å²) >= 11 is 5.90. The van der Waals surface area contributed by atoms with Crippen LogP contribution in [-0.2, 0) is 17.9 Å². The van der Waals surface area contributed by atoms with Gasteiger partial charge in [-0.25, -0.2) is 9.78 Å². The first-order chi connectivity index (χ1) is 13.2. The molecule has 0 bridgehead atoms. The number of benzene rings is 1. The Bertz CT molecular complexity index is 1140. The second kappa shape index (κ2) is 7.59. The third-order valence-electron chi connectivity index (χ3n) is 4.06. The third kappa shape index (κ3) is 4.31. The maximum absolute atomic E-state index is 13.1. The van der Waals surface area contributed by atoms with Crippen LogP contribution in [0.5, 0.6) is 0 Å². The fraction of sp³-hybridized carbons (Fsp3) is 0.300. The van der Waals surface area contributed by atoms with Gasteiger partial charge < -0.3 is 5.32 Å². The molecule has 0 unspecified atom stereocenters. The zero-order valence-electron chi connectivity index (χ0n) is 15.9. The van der Waals surface area contributed by atoms with Gasteiger partial charge in [0.2, 0.25) is 5.91 Å². The van der Waals surface area contributed by atoms with Crippen molar-refractivity contribution in [2.24, 2.45) is 0 Å². The molecule has 0 spiro atoms. The molecule has 0 saturated heterocycles. The number of nitrogens with zero attached hydrogens (tertiary/aromatic N) is 3. The Kier molecular flexibility index (Phi) is 5.38. The summed E-state index contributed by atoms with van der Waals surface area (Å²) in [5.74, 6) is -0.323. The van der Waals surface area contributed by atoms with Crippen molar-refractivity contribution in [1.29, 1.82) is 0 Å². The molecule has 1 amide bonds. The number of fused-ring (bicyclic) bond motifs is 1. The molecule has 2 heterocycles. The number of hydrogen-bond acceptors (Lipinski definition) is 4. The zero-order valence-corrected chi connectivity index (χ0v) is 16.7. The number of pyridine rings is 1. The summed E-state index contributed by atoms with van der Waals surface area (Å²) < 4.78 is 2.36. The number of halogens is 1. The van der Waals surface area contributed by atoms with Crippen molar-refractivity contribution in [1.82, 2.24) is 19.4 Å². The average Bonchev–Trinajstić information content (AvgIpc) is 2.62. The molecule has 3 rings (SSSR count). The van der Waals surface area contributed by atoms with Crippen molar-refractivity contribution in [3.8, 4) is 0 Å². The second-order valence-corrected chi connectivity index (χ2v) is 7.99. The minimum atomic E-state index is -0.565. The van der Waals surface area contributed by atoms with Gasteiger partial charge >= 0.3 is 5.69 Å². The second-order valence-electron chi connectivity index (χ2n) is 7.56. The molecule has 0 aliphatic heterocycles. The Balaban J connectivity index is 2.12. The summed E-state index contributed by atoms with van der Waals surface area (Å²) in [6.45, 7) is 5.42. The van der Waals surface area contributed by atoms with Crippen LogP contribution in [0, 0.1) is 0 Å². The molecule has 28 heavy (non-hydrogen) atoms. The van der Waals surface area contributed by atoms with Crippen LogP contribution >= 0.6 is 11.6 Å². The summed E-state index contributed by atoms with van der Waals surface area (Å²) in [5, 5.41) is 3.39. The van der Waals surface area contributed by atoms with Gasteiger partial charge in [-0.05, 0) is 50.6 Å². The Hall–Kier alpha value is -2.93. The van der Waals surface area contributed by atoms with Crippen LogP contribution in [0.3, 0.4) is 0 Å². The van der Waals surface area contributed by atoms with Crippen LogP contribution < -0.4 is 16.6 Å². The molecular weight excluding hydrogens is 380 g/mol. The highest BCUT2D eigenvalue weighted by molar-refractivity contribution is 6.30. The minimum absolute atomic E-state index is 0.0578. The maximum Gasteiger partial charge on any atom is 0.332 e. The maximum atomic E-state index is 13.1. The molecule has 0 aliphatic carbocycles. The normalized spacial score (nSPS) is 11.6. The van der Waals surface area contributed by atoms with E-state index in [1.807, 2.05) is 20.8 Å². The van der Waals surface area contributed by atoms with E-state index in [0.29, 0.717) is 10.5 Å². The highest BCUT2D eigenvalue weighted by Gasteiger charge is 2.19. The first kappa shape index (κ1) is 19.8. The first-order valence-corrected chi connectivity index (χ1v) is 9.17. The van der Waals surface area contributed by atoms with E-state index >= 15 is 0 Å². The lowest BCUT2D eigenvalue weighted by atomic mass is 10.1. The van der Waals surface area contributed by atoms with E-state index < -0.39 is 16.8 Å². The largest absolute Gasteiger partial charge is 0.350 e. The predicted octanol–water partition coefficient (Wildman–Crippen LogP) is 2.17. The number of amides is 1. The number of rotatable bonds is 4. The van der Waals surface area contributed by atoms with Crippen LogP contribution in [0.25, 0.3) is 11.0 Å². The van der Waals surface area contributed by atoms with Crippen molar-refractivity contribution >= 4 is 28.5 Å². The van der Waals surface area contributed by atoms with E-state index in [2.05, 4.69) is 10.3 Å². The van der Waals surface area contributed by atoms with Crippen molar-refractivity contribution in [3.63, 3.8) is 0 Å². The highest BCUT2D eigenvalue weighted by Crippen LogP contribution is 2.11. The monoisotopic (exact) mass is 400 g/mol. The molecule has 7 nitrogen and oxygen atoms in total. The van der Waals surface area contributed by atoms with Crippen LogP contribution in [0.15, 0.2) is 52.2 Å². The Labute approximate surface area is 166 Å². The Morgan fingerprint density at radius 1 is 1.11 bits per heavy atom. The van der Waals surface area contributed by atoms with E-state index in [-0.39, 0.29) is 24.5 Å². The van der Waals surface area contributed by atoms with Crippen LogP contribution in [0.4, 0.5) is 0 Å². The molecule has 1 N–H and O–H groups in total. The van der Waals surface area contributed by atoms with Gasteiger partial charge in [0.15, 0.2) is 5.52 Å². The number of aromatic nitrogens is 3. The standard InChI is InChI=1S/C20H21ClN4O3/c1-20(2,3)23-16(26)12-24-15-5-4-10-22-17(15)18(27)25(19(24)28)11-13-6-8-14(21)9-7-13/h4-10H,11-12H2,1-3H3,(H,23,26). The van der Waals surface area contributed by atoms with E-state index in [1.165, 1.54) is 10.8 Å². The van der Waals surface area contributed by atoms with Crippen molar-refractivity contribution in [2.45, 2.75) is 39.4 Å². The van der Waals surface area contributed by atoms with Crippen molar-refractivity contribution in [3.05, 3.63) is 74.0 Å². The molecule has 8 heteroatoms. The van der Waals surface area contributed by atoms with Gasteiger partial charge in [-0.1, -0.05) is 23.7 Å². The van der Waals surface area contributed by atoms with Gasteiger partial charge in [0.05, 0.1) is 12.1 Å². The molecule has 1 aromatic carbocycles. The SMILES string of the molecule is CC(C)(C)NC(=O)Cn1c(=O)n(Cc2ccc(Cl)cc2)c(=O)c2ncccc21.